The Balaban J connectivity index is 1.46. The molecule has 0 saturated carbocycles. The zero-order valence-electron chi connectivity index (χ0n) is 14.0. The van der Waals surface area contributed by atoms with E-state index in [2.05, 4.69) is 5.32 Å². The molecule has 5 nitrogen and oxygen atoms in total. The van der Waals surface area contributed by atoms with Gasteiger partial charge in [-0.2, -0.15) is 0 Å². The summed E-state index contributed by atoms with van der Waals surface area (Å²) in [6.45, 7) is 0.110. The number of benzene rings is 1. The third kappa shape index (κ3) is 3.09. The summed E-state index contributed by atoms with van der Waals surface area (Å²) in [5.41, 5.74) is 1.12. The van der Waals surface area contributed by atoms with Crippen molar-refractivity contribution in [2.75, 3.05) is 11.4 Å². The number of nitrogens with zero attached hydrogens (tertiary/aromatic N) is 1. The molecule has 1 fully saturated rings. The number of halogens is 2. The quantitative estimate of drug-likeness (QED) is 0.915. The number of fused-ring (bicyclic) bond motifs is 1. The number of hydrogen-bond acceptors (Lipinski definition) is 3. The van der Waals surface area contributed by atoms with Crippen LogP contribution in [0.3, 0.4) is 0 Å². The molecule has 0 radical (unpaired) electrons. The first-order valence-electron chi connectivity index (χ1n) is 8.64. The van der Waals surface area contributed by atoms with Crippen LogP contribution in [0.15, 0.2) is 34.9 Å². The highest BCUT2D eigenvalue weighted by molar-refractivity contribution is 6.00. The lowest BCUT2D eigenvalue weighted by Gasteiger charge is -2.24. The number of anilines is 1. The molecule has 7 heteroatoms. The van der Waals surface area contributed by atoms with Crippen molar-refractivity contribution in [2.45, 2.75) is 31.7 Å². The van der Waals surface area contributed by atoms with Gasteiger partial charge in [0.15, 0.2) is 0 Å². The minimum Gasteiger partial charge on any atom is -0.469 e. The monoisotopic (exact) mass is 360 g/mol. The molecule has 1 aliphatic carbocycles. The van der Waals surface area contributed by atoms with Crippen molar-refractivity contribution in [1.82, 2.24) is 5.32 Å². The highest BCUT2D eigenvalue weighted by Crippen LogP contribution is 2.32. The zero-order valence-corrected chi connectivity index (χ0v) is 14.0. The average Bonchev–Trinajstić information content (AvgIpc) is 3.21. The standard InChI is InChI=1S/C19H18F2N2O3/c20-12-7-13(21)9-14(8-12)23-10-11(6-18(23)24)19(25)22-16-2-1-3-17-15(16)4-5-26-17/h4-5,7-9,11,16H,1-3,6,10H2,(H,22,25)/t11-,16+/m1/s1. The first-order chi connectivity index (χ1) is 12.5. The molecule has 1 aromatic carbocycles. The summed E-state index contributed by atoms with van der Waals surface area (Å²) >= 11 is 0. The second kappa shape index (κ2) is 6.55. The number of furan rings is 1. The molecule has 2 atom stereocenters. The maximum atomic E-state index is 13.4. The van der Waals surface area contributed by atoms with Gasteiger partial charge in [0.1, 0.15) is 17.4 Å². The molecule has 0 spiro atoms. The van der Waals surface area contributed by atoms with E-state index < -0.39 is 17.6 Å². The number of aryl methyl sites for hydroxylation is 1. The lowest BCUT2D eigenvalue weighted by atomic mass is 9.93. The number of carbonyl (C=O) groups is 2. The Bertz CT molecular complexity index is 844. The van der Waals surface area contributed by atoms with Gasteiger partial charge in [-0.15, -0.1) is 0 Å². The van der Waals surface area contributed by atoms with Crippen LogP contribution in [0, 0.1) is 17.6 Å². The fourth-order valence-electron chi connectivity index (χ4n) is 3.75. The second-order valence-electron chi connectivity index (χ2n) is 6.79. The third-order valence-electron chi connectivity index (χ3n) is 5.02. The molecule has 1 saturated heterocycles. The number of rotatable bonds is 3. The van der Waals surface area contributed by atoms with Crippen molar-refractivity contribution in [1.29, 1.82) is 0 Å². The predicted molar refractivity (Wildman–Crippen MR) is 89.3 cm³/mol. The van der Waals surface area contributed by atoms with Crippen LogP contribution in [-0.2, 0) is 16.0 Å². The smallest absolute Gasteiger partial charge is 0.227 e. The summed E-state index contributed by atoms with van der Waals surface area (Å²) < 4.78 is 32.3. The molecule has 1 aliphatic heterocycles. The van der Waals surface area contributed by atoms with Gasteiger partial charge in [-0.1, -0.05) is 0 Å². The number of carbonyl (C=O) groups excluding carboxylic acids is 2. The lowest BCUT2D eigenvalue weighted by molar-refractivity contribution is -0.127. The Morgan fingerprint density at radius 2 is 2.00 bits per heavy atom. The predicted octanol–water partition coefficient (Wildman–Crippen LogP) is 3.10. The topological polar surface area (TPSA) is 62.6 Å². The summed E-state index contributed by atoms with van der Waals surface area (Å²) in [4.78, 5) is 26.1. The van der Waals surface area contributed by atoms with Gasteiger partial charge < -0.3 is 14.6 Å². The Morgan fingerprint density at radius 1 is 1.23 bits per heavy atom. The van der Waals surface area contributed by atoms with Crippen LogP contribution in [0.5, 0.6) is 0 Å². The summed E-state index contributed by atoms with van der Waals surface area (Å²) in [5, 5.41) is 2.99. The number of nitrogens with one attached hydrogen (secondary N) is 1. The highest BCUT2D eigenvalue weighted by Gasteiger charge is 2.37. The third-order valence-corrected chi connectivity index (χ3v) is 5.02. The molecular weight excluding hydrogens is 342 g/mol. The van der Waals surface area contributed by atoms with Crippen molar-refractivity contribution in [3.8, 4) is 0 Å². The molecule has 0 unspecified atom stereocenters. The largest absolute Gasteiger partial charge is 0.469 e. The highest BCUT2D eigenvalue weighted by atomic mass is 19.1. The second-order valence-corrected chi connectivity index (χ2v) is 6.79. The fourth-order valence-corrected chi connectivity index (χ4v) is 3.75. The lowest BCUT2D eigenvalue weighted by Crippen LogP contribution is -2.36. The van der Waals surface area contributed by atoms with Crippen LogP contribution in [-0.4, -0.2) is 18.4 Å². The van der Waals surface area contributed by atoms with Crippen LogP contribution in [0.4, 0.5) is 14.5 Å². The first kappa shape index (κ1) is 16.8. The van der Waals surface area contributed by atoms with Gasteiger partial charge in [-0.25, -0.2) is 8.78 Å². The average molecular weight is 360 g/mol. The maximum absolute atomic E-state index is 13.4. The van der Waals surface area contributed by atoms with Gasteiger partial charge in [-0.05, 0) is 31.0 Å². The van der Waals surface area contributed by atoms with E-state index in [4.69, 9.17) is 4.42 Å². The van der Waals surface area contributed by atoms with E-state index in [0.29, 0.717) is 0 Å². The molecule has 1 aromatic heterocycles. The van der Waals surface area contributed by atoms with E-state index in [0.717, 1.165) is 48.8 Å². The molecule has 1 N–H and O–H groups in total. The van der Waals surface area contributed by atoms with Crippen molar-refractivity contribution in [3.63, 3.8) is 0 Å². The molecule has 2 aromatic rings. The molecule has 136 valence electrons. The Hall–Kier alpha value is -2.70. The minimum absolute atomic E-state index is 0.0227. The number of amides is 2. The molecule has 2 aliphatic rings. The molecule has 0 bridgehead atoms. The minimum atomic E-state index is -0.754. The van der Waals surface area contributed by atoms with Crippen LogP contribution in [0.2, 0.25) is 0 Å². The summed E-state index contributed by atoms with van der Waals surface area (Å²) in [6, 6.07) is 4.68. The van der Waals surface area contributed by atoms with E-state index >= 15 is 0 Å². The molecular formula is C19H18F2N2O3. The molecule has 2 heterocycles. The molecule has 4 rings (SSSR count). The van der Waals surface area contributed by atoms with Crippen LogP contribution in [0.1, 0.15) is 36.6 Å². The van der Waals surface area contributed by atoms with Gasteiger partial charge in [0.05, 0.1) is 18.2 Å². The normalized spacial score (nSPS) is 22.4. The van der Waals surface area contributed by atoms with E-state index in [1.807, 2.05) is 6.07 Å². The van der Waals surface area contributed by atoms with Gasteiger partial charge >= 0.3 is 0 Å². The van der Waals surface area contributed by atoms with Gasteiger partial charge in [-0.3, -0.25) is 9.59 Å². The summed E-state index contributed by atoms with van der Waals surface area (Å²) in [7, 11) is 0. The van der Waals surface area contributed by atoms with Crippen LogP contribution < -0.4 is 10.2 Å². The van der Waals surface area contributed by atoms with Crippen molar-refractivity contribution >= 4 is 17.5 Å². The van der Waals surface area contributed by atoms with Crippen LogP contribution in [0.25, 0.3) is 0 Å². The van der Waals surface area contributed by atoms with Crippen molar-refractivity contribution in [3.05, 3.63) is 53.5 Å². The van der Waals surface area contributed by atoms with Crippen LogP contribution >= 0.6 is 0 Å². The fraction of sp³-hybridized carbons (Fsp3) is 0.368. The SMILES string of the molecule is O=C(N[C@H]1CCCc2occc21)[C@@H]1CC(=O)N(c2cc(F)cc(F)c2)C1. The molecule has 26 heavy (non-hydrogen) atoms. The maximum Gasteiger partial charge on any atom is 0.227 e. The summed E-state index contributed by atoms with van der Waals surface area (Å²) in [5.74, 6) is -1.71. The molecule has 2 amide bonds. The van der Waals surface area contributed by atoms with E-state index in [1.165, 1.54) is 4.90 Å². The van der Waals surface area contributed by atoms with E-state index in [1.54, 1.807) is 6.26 Å². The Kier molecular flexibility index (Phi) is 4.22. The number of hydrogen-bond donors (Lipinski definition) is 1. The summed E-state index contributed by atoms with van der Waals surface area (Å²) in [6.07, 6.45) is 4.24. The Labute approximate surface area is 149 Å². The van der Waals surface area contributed by atoms with Gasteiger partial charge in [0, 0.05) is 36.7 Å². The van der Waals surface area contributed by atoms with Gasteiger partial charge in [0.25, 0.3) is 0 Å². The van der Waals surface area contributed by atoms with Crippen molar-refractivity contribution in [2.24, 2.45) is 5.92 Å². The van der Waals surface area contributed by atoms with E-state index in [9.17, 15) is 18.4 Å². The van der Waals surface area contributed by atoms with Crippen molar-refractivity contribution < 1.29 is 22.8 Å². The first-order valence-corrected chi connectivity index (χ1v) is 8.64. The zero-order chi connectivity index (χ0) is 18.3. The Morgan fingerprint density at radius 3 is 2.77 bits per heavy atom. The van der Waals surface area contributed by atoms with E-state index in [-0.39, 0.29) is 36.5 Å². The van der Waals surface area contributed by atoms with Gasteiger partial charge in [0.2, 0.25) is 11.8 Å².